The molecule has 1 N–H and O–H groups in total. The third kappa shape index (κ3) is 2.54. The van der Waals surface area contributed by atoms with Gasteiger partial charge in [-0.25, -0.2) is 4.39 Å². The molecule has 2 unspecified atom stereocenters. The Morgan fingerprint density at radius 1 is 1.50 bits per heavy atom. The fourth-order valence-electron chi connectivity index (χ4n) is 2.41. The maximum atomic E-state index is 13.7. The lowest BCUT2D eigenvalue weighted by molar-refractivity contribution is -0.0976. The SMILES string of the molecule is CCOC1CC(Nc2cc(Br)ccc2F)C1(C)C. The molecule has 0 aliphatic heterocycles. The number of benzene rings is 1. The molecule has 2 nitrogen and oxygen atoms in total. The lowest BCUT2D eigenvalue weighted by Crippen LogP contribution is -2.58. The summed E-state index contributed by atoms with van der Waals surface area (Å²) in [6, 6.07) is 5.20. The largest absolute Gasteiger partial charge is 0.379 e. The molecule has 1 aliphatic carbocycles. The summed E-state index contributed by atoms with van der Waals surface area (Å²) < 4.78 is 20.2. The van der Waals surface area contributed by atoms with Crippen LogP contribution in [0.2, 0.25) is 0 Å². The van der Waals surface area contributed by atoms with Crippen molar-refractivity contribution in [1.82, 2.24) is 0 Å². The van der Waals surface area contributed by atoms with Gasteiger partial charge in [-0.3, -0.25) is 0 Å². The fraction of sp³-hybridized carbons (Fsp3) is 0.571. The molecule has 0 spiro atoms. The number of rotatable bonds is 4. The van der Waals surface area contributed by atoms with Crippen molar-refractivity contribution in [3.8, 4) is 0 Å². The number of anilines is 1. The lowest BCUT2D eigenvalue weighted by atomic mass is 9.64. The predicted molar refractivity (Wildman–Crippen MR) is 75.3 cm³/mol. The number of halogens is 2. The highest BCUT2D eigenvalue weighted by Gasteiger charge is 2.49. The van der Waals surface area contributed by atoms with Gasteiger partial charge in [0.2, 0.25) is 0 Å². The van der Waals surface area contributed by atoms with Gasteiger partial charge in [0.1, 0.15) is 5.82 Å². The highest BCUT2D eigenvalue weighted by molar-refractivity contribution is 9.10. The molecule has 0 saturated heterocycles. The van der Waals surface area contributed by atoms with Crippen LogP contribution >= 0.6 is 15.9 Å². The van der Waals surface area contributed by atoms with Crippen LogP contribution in [0.1, 0.15) is 27.2 Å². The first-order valence-corrected chi connectivity index (χ1v) is 7.07. The number of ether oxygens (including phenoxy) is 1. The highest BCUT2D eigenvalue weighted by atomic mass is 79.9. The van der Waals surface area contributed by atoms with Gasteiger partial charge in [-0.15, -0.1) is 0 Å². The predicted octanol–water partition coefficient (Wildman–Crippen LogP) is 4.20. The van der Waals surface area contributed by atoms with Crippen molar-refractivity contribution in [1.29, 1.82) is 0 Å². The molecule has 18 heavy (non-hydrogen) atoms. The average molecular weight is 316 g/mol. The monoisotopic (exact) mass is 315 g/mol. The number of nitrogens with one attached hydrogen (secondary N) is 1. The summed E-state index contributed by atoms with van der Waals surface area (Å²) in [4.78, 5) is 0. The quantitative estimate of drug-likeness (QED) is 0.899. The average Bonchev–Trinajstić information content (AvgIpc) is 2.32. The Morgan fingerprint density at radius 3 is 2.83 bits per heavy atom. The van der Waals surface area contributed by atoms with E-state index in [2.05, 4.69) is 35.1 Å². The van der Waals surface area contributed by atoms with Gasteiger partial charge >= 0.3 is 0 Å². The van der Waals surface area contributed by atoms with Crippen LogP contribution in [0.15, 0.2) is 22.7 Å². The highest BCUT2D eigenvalue weighted by Crippen LogP contribution is 2.44. The molecule has 1 aliphatic rings. The van der Waals surface area contributed by atoms with E-state index < -0.39 is 0 Å². The molecule has 100 valence electrons. The van der Waals surface area contributed by atoms with E-state index >= 15 is 0 Å². The summed E-state index contributed by atoms with van der Waals surface area (Å²) in [6.45, 7) is 7.05. The van der Waals surface area contributed by atoms with Crippen LogP contribution in [0.3, 0.4) is 0 Å². The van der Waals surface area contributed by atoms with Crippen molar-refractivity contribution in [3.63, 3.8) is 0 Å². The van der Waals surface area contributed by atoms with Crippen LogP contribution < -0.4 is 5.32 Å². The van der Waals surface area contributed by atoms with Crippen molar-refractivity contribution < 1.29 is 9.13 Å². The van der Waals surface area contributed by atoms with Crippen molar-refractivity contribution in [2.45, 2.75) is 39.3 Å². The van der Waals surface area contributed by atoms with Crippen molar-refractivity contribution in [3.05, 3.63) is 28.5 Å². The van der Waals surface area contributed by atoms with Gasteiger partial charge < -0.3 is 10.1 Å². The number of hydrogen-bond acceptors (Lipinski definition) is 2. The summed E-state index contributed by atoms with van der Waals surface area (Å²) in [7, 11) is 0. The molecule has 2 rings (SSSR count). The molecule has 1 saturated carbocycles. The Kier molecular flexibility index (Phi) is 3.97. The van der Waals surface area contributed by atoms with Gasteiger partial charge in [-0.2, -0.15) is 0 Å². The molecular formula is C14H19BrFNO. The second kappa shape index (κ2) is 5.17. The molecule has 0 bridgehead atoms. The van der Waals surface area contributed by atoms with Gasteiger partial charge in [0.15, 0.2) is 0 Å². The van der Waals surface area contributed by atoms with E-state index in [0.29, 0.717) is 5.69 Å². The molecular weight excluding hydrogens is 297 g/mol. The Balaban J connectivity index is 2.05. The first-order valence-electron chi connectivity index (χ1n) is 6.28. The minimum absolute atomic E-state index is 0.0325. The first kappa shape index (κ1) is 13.8. The second-order valence-corrected chi connectivity index (χ2v) is 6.24. The number of hydrogen-bond donors (Lipinski definition) is 1. The van der Waals surface area contributed by atoms with E-state index in [4.69, 9.17) is 4.74 Å². The zero-order valence-electron chi connectivity index (χ0n) is 11.0. The molecule has 1 fully saturated rings. The third-order valence-electron chi connectivity index (χ3n) is 3.80. The van der Waals surface area contributed by atoms with Gasteiger partial charge in [-0.05, 0) is 31.5 Å². The van der Waals surface area contributed by atoms with E-state index in [1.54, 1.807) is 12.1 Å². The van der Waals surface area contributed by atoms with Gasteiger partial charge in [0.25, 0.3) is 0 Å². The van der Waals surface area contributed by atoms with Crippen LogP contribution in [0, 0.1) is 11.2 Å². The van der Waals surface area contributed by atoms with Crippen LogP contribution in [-0.2, 0) is 4.74 Å². The molecule has 1 aromatic rings. The smallest absolute Gasteiger partial charge is 0.146 e. The maximum absolute atomic E-state index is 13.7. The molecule has 0 amide bonds. The van der Waals surface area contributed by atoms with E-state index in [0.717, 1.165) is 17.5 Å². The van der Waals surface area contributed by atoms with Crippen molar-refractivity contribution in [2.75, 3.05) is 11.9 Å². The zero-order valence-corrected chi connectivity index (χ0v) is 12.6. The molecule has 0 heterocycles. The van der Waals surface area contributed by atoms with Crippen LogP contribution in [0.25, 0.3) is 0 Å². The standard InChI is InChI=1S/C14H19BrFNO/c1-4-18-13-8-12(14(13,2)3)17-11-7-9(15)5-6-10(11)16/h5-7,12-13,17H,4,8H2,1-3H3. The summed E-state index contributed by atoms with van der Waals surface area (Å²) in [5, 5.41) is 3.28. The Morgan fingerprint density at radius 2 is 2.22 bits per heavy atom. The molecule has 2 atom stereocenters. The second-order valence-electron chi connectivity index (χ2n) is 5.32. The van der Waals surface area contributed by atoms with Crippen LogP contribution in [0.4, 0.5) is 10.1 Å². The molecule has 4 heteroatoms. The molecule has 0 radical (unpaired) electrons. The topological polar surface area (TPSA) is 21.3 Å². The Bertz CT molecular complexity index is 436. The van der Waals surface area contributed by atoms with Crippen molar-refractivity contribution in [2.24, 2.45) is 5.41 Å². The Labute approximate surface area is 116 Å². The van der Waals surface area contributed by atoms with E-state index in [1.165, 1.54) is 6.07 Å². The van der Waals surface area contributed by atoms with Crippen LogP contribution in [-0.4, -0.2) is 18.8 Å². The lowest BCUT2D eigenvalue weighted by Gasteiger charge is -2.52. The first-order chi connectivity index (χ1) is 8.45. The minimum atomic E-state index is -0.214. The Hall–Kier alpha value is -0.610. The van der Waals surface area contributed by atoms with E-state index in [1.807, 2.05) is 6.92 Å². The van der Waals surface area contributed by atoms with Crippen molar-refractivity contribution >= 4 is 21.6 Å². The third-order valence-corrected chi connectivity index (χ3v) is 4.30. The fourth-order valence-corrected chi connectivity index (χ4v) is 2.77. The molecule has 0 aromatic heterocycles. The van der Waals surface area contributed by atoms with E-state index in [9.17, 15) is 4.39 Å². The van der Waals surface area contributed by atoms with Gasteiger partial charge in [0, 0.05) is 22.5 Å². The van der Waals surface area contributed by atoms with E-state index in [-0.39, 0.29) is 23.4 Å². The summed E-state index contributed by atoms with van der Waals surface area (Å²) >= 11 is 3.36. The molecule has 1 aromatic carbocycles. The van der Waals surface area contributed by atoms with Gasteiger partial charge in [0.05, 0.1) is 11.8 Å². The zero-order chi connectivity index (χ0) is 13.3. The summed E-state index contributed by atoms with van der Waals surface area (Å²) in [5.74, 6) is -0.214. The summed E-state index contributed by atoms with van der Waals surface area (Å²) in [6.07, 6.45) is 1.18. The minimum Gasteiger partial charge on any atom is -0.379 e. The van der Waals surface area contributed by atoms with Gasteiger partial charge in [-0.1, -0.05) is 29.8 Å². The summed E-state index contributed by atoms with van der Waals surface area (Å²) in [5.41, 5.74) is 0.586. The normalized spacial score (nSPS) is 25.6. The maximum Gasteiger partial charge on any atom is 0.146 e. The van der Waals surface area contributed by atoms with Crippen LogP contribution in [0.5, 0.6) is 0 Å².